The lowest BCUT2D eigenvalue weighted by Crippen LogP contribution is -2.39. The number of anilines is 1. The van der Waals surface area contributed by atoms with Crippen molar-refractivity contribution in [2.45, 2.75) is 27.3 Å². The van der Waals surface area contributed by atoms with Crippen LogP contribution in [-0.4, -0.2) is 4.57 Å². The number of nitrogen functional groups attached to an aromatic ring is 1. The van der Waals surface area contributed by atoms with E-state index in [1.165, 1.54) is 0 Å². The van der Waals surface area contributed by atoms with Crippen LogP contribution in [0.4, 0.5) is 5.95 Å². The average molecular weight is 532 g/mol. The number of nitrogens with zero attached hydrogens (tertiary/aromatic N) is 2. The van der Waals surface area contributed by atoms with Crippen LogP contribution in [0, 0.1) is 13.8 Å². The molecule has 2 N–H and O–H groups in total. The van der Waals surface area contributed by atoms with E-state index in [2.05, 4.69) is 31.9 Å². The van der Waals surface area contributed by atoms with Gasteiger partial charge in [-0.15, -0.1) is 0 Å². The fourth-order valence-corrected chi connectivity index (χ4v) is 4.51. The fourth-order valence-electron chi connectivity index (χ4n) is 3.30. The minimum absolute atomic E-state index is 0.287. The molecule has 0 radical (unpaired) electrons. The molecule has 0 unspecified atom stereocenters. The van der Waals surface area contributed by atoms with Crippen LogP contribution in [0.15, 0.2) is 69.6 Å². The number of nitrogens with two attached hydrogens (primary N) is 1. The second-order valence-electron chi connectivity index (χ2n) is 7.12. The number of hydrogen-bond acceptors (Lipinski definition) is 3. The van der Waals surface area contributed by atoms with E-state index in [4.69, 9.17) is 15.2 Å². The van der Waals surface area contributed by atoms with E-state index < -0.39 is 0 Å². The Hall–Kier alpha value is -2.51. The summed E-state index contributed by atoms with van der Waals surface area (Å²) in [4.78, 5) is 0. The molecule has 0 aliphatic carbocycles. The predicted molar refractivity (Wildman–Crippen MR) is 126 cm³/mol. The molecule has 0 amide bonds. The van der Waals surface area contributed by atoms with Gasteiger partial charge >= 0.3 is 5.95 Å². The van der Waals surface area contributed by atoms with Crippen molar-refractivity contribution in [3.05, 3.63) is 80.7 Å². The first-order valence-electron chi connectivity index (χ1n) is 9.48. The Balaban J connectivity index is 1.62. The van der Waals surface area contributed by atoms with Crippen LogP contribution in [0.3, 0.4) is 0 Å². The first-order chi connectivity index (χ1) is 14.4. The Morgan fingerprint density at radius 2 is 1.47 bits per heavy atom. The van der Waals surface area contributed by atoms with Crippen molar-refractivity contribution in [3.63, 3.8) is 0 Å². The smallest absolute Gasteiger partial charge is 0.361 e. The summed E-state index contributed by atoms with van der Waals surface area (Å²) in [7, 11) is 0. The van der Waals surface area contributed by atoms with Crippen LogP contribution in [0.1, 0.15) is 11.1 Å². The van der Waals surface area contributed by atoms with Gasteiger partial charge in [0.15, 0.2) is 0 Å². The van der Waals surface area contributed by atoms with Crippen molar-refractivity contribution in [1.82, 2.24) is 4.57 Å². The van der Waals surface area contributed by atoms with Gasteiger partial charge in [-0.25, -0.2) is 0 Å². The second kappa shape index (κ2) is 8.70. The maximum atomic E-state index is 6.51. The number of aryl methyl sites for hydroxylation is 2. The molecule has 30 heavy (non-hydrogen) atoms. The molecular formula is C23H22Br2N3O2+. The Kier molecular flexibility index (Phi) is 6.01. The van der Waals surface area contributed by atoms with Crippen molar-refractivity contribution in [2.24, 2.45) is 0 Å². The van der Waals surface area contributed by atoms with Gasteiger partial charge in [-0.1, -0.05) is 24.3 Å². The highest BCUT2D eigenvalue weighted by Crippen LogP contribution is 2.28. The summed E-state index contributed by atoms with van der Waals surface area (Å²) < 4.78 is 17.8. The standard InChI is InChI=1S/C23H21Br2N3O2/c1-15-7-9-21(17(24)11-15)29-13-27-19-5-3-4-6-20(19)28(23(27)26)14-30-22-10-8-16(2)12-18(22)25/h3-12,26H,13-14H2,1-2H3/p+1. The maximum absolute atomic E-state index is 6.51. The van der Waals surface area contributed by atoms with Crippen LogP contribution in [0.25, 0.3) is 11.0 Å². The molecule has 0 aliphatic rings. The fraction of sp³-hybridized carbons (Fsp3) is 0.174. The van der Waals surface area contributed by atoms with Crippen molar-refractivity contribution < 1.29 is 14.0 Å². The molecular weight excluding hydrogens is 510 g/mol. The van der Waals surface area contributed by atoms with Crippen LogP contribution < -0.4 is 19.8 Å². The molecule has 1 heterocycles. The zero-order chi connectivity index (χ0) is 21.3. The summed E-state index contributed by atoms with van der Waals surface area (Å²) in [6.45, 7) is 4.66. The number of ether oxygens (including phenoxy) is 2. The number of benzene rings is 3. The van der Waals surface area contributed by atoms with Gasteiger partial charge in [0.05, 0.1) is 8.95 Å². The highest BCUT2D eigenvalue weighted by Gasteiger charge is 2.22. The number of hydrogen-bond donors (Lipinski definition) is 1. The molecule has 5 nitrogen and oxygen atoms in total. The van der Waals surface area contributed by atoms with Crippen molar-refractivity contribution in [1.29, 1.82) is 0 Å². The molecule has 0 bridgehead atoms. The van der Waals surface area contributed by atoms with E-state index >= 15 is 0 Å². The van der Waals surface area contributed by atoms with E-state index in [1.807, 2.05) is 83.6 Å². The SMILES string of the molecule is Cc1ccc(OCn2c(N)[n+](COc3ccc(C)cc3Br)c3ccccc32)c(Br)c1. The zero-order valence-corrected chi connectivity index (χ0v) is 19.9. The summed E-state index contributed by atoms with van der Waals surface area (Å²) in [6.07, 6.45) is 0. The van der Waals surface area contributed by atoms with Crippen LogP contribution >= 0.6 is 31.9 Å². The predicted octanol–water partition coefficient (Wildman–Crippen LogP) is 5.73. The first kappa shape index (κ1) is 20.8. The van der Waals surface area contributed by atoms with E-state index in [0.717, 1.165) is 42.6 Å². The number of imidazole rings is 1. The van der Waals surface area contributed by atoms with Crippen LogP contribution in [0.5, 0.6) is 11.5 Å². The molecule has 0 saturated carbocycles. The van der Waals surface area contributed by atoms with Crippen LogP contribution in [-0.2, 0) is 13.5 Å². The molecule has 0 saturated heterocycles. The lowest BCUT2D eigenvalue weighted by Gasteiger charge is -2.09. The molecule has 0 fully saturated rings. The maximum Gasteiger partial charge on any atom is 0.361 e. The summed E-state index contributed by atoms with van der Waals surface area (Å²) in [6, 6.07) is 20.0. The van der Waals surface area contributed by atoms with Gasteiger partial charge in [0.2, 0.25) is 13.5 Å². The number of fused-ring (bicyclic) bond motifs is 1. The van der Waals surface area contributed by atoms with Gasteiger partial charge in [-0.05, 0) is 93.2 Å². The number of para-hydroxylation sites is 2. The molecule has 0 atom stereocenters. The van der Waals surface area contributed by atoms with E-state index in [-0.39, 0.29) is 13.5 Å². The van der Waals surface area contributed by atoms with Crippen molar-refractivity contribution in [2.75, 3.05) is 5.73 Å². The van der Waals surface area contributed by atoms with E-state index in [0.29, 0.717) is 5.95 Å². The average Bonchev–Trinajstić information content (AvgIpc) is 2.98. The Morgan fingerprint density at radius 3 is 2.10 bits per heavy atom. The van der Waals surface area contributed by atoms with Gasteiger partial charge in [0.25, 0.3) is 0 Å². The molecule has 1 aromatic heterocycles. The zero-order valence-electron chi connectivity index (χ0n) is 16.7. The third-order valence-electron chi connectivity index (χ3n) is 4.89. The molecule has 0 aliphatic heterocycles. The third kappa shape index (κ3) is 4.18. The molecule has 4 aromatic rings. The molecule has 0 spiro atoms. The Morgan fingerprint density at radius 1 is 0.867 bits per heavy atom. The Bertz CT molecular complexity index is 1130. The second-order valence-corrected chi connectivity index (χ2v) is 8.83. The molecule has 154 valence electrons. The summed E-state index contributed by atoms with van der Waals surface area (Å²) in [5, 5.41) is 0. The van der Waals surface area contributed by atoms with Crippen molar-refractivity contribution >= 4 is 48.8 Å². The van der Waals surface area contributed by atoms with Gasteiger partial charge in [-0.2, -0.15) is 9.13 Å². The molecule has 7 heteroatoms. The van der Waals surface area contributed by atoms with E-state index in [9.17, 15) is 0 Å². The molecule has 3 aromatic carbocycles. The minimum atomic E-state index is 0.287. The van der Waals surface area contributed by atoms with Gasteiger partial charge in [0.1, 0.15) is 22.5 Å². The number of aromatic nitrogens is 2. The van der Waals surface area contributed by atoms with Gasteiger partial charge < -0.3 is 9.47 Å². The summed E-state index contributed by atoms with van der Waals surface area (Å²) >= 11 is 7.12. The quantitative estimate of drug-likeness (QED) is 0.323. The van der Waals surface area contributed by atoms with Crippen LogP contribution in [0.2, 0.25) is 0 Å². The monoisotopic (exact) mass is 530 g/mol. The topological polar surface area (TPSA) is 53.3 Å². The minimum Gasteiger partial charge on any atom is -0.459 e. The van der Waals surface area contributed by atoms with E-state index in [1.54, 1.807) is 0 Å². The number of rotatable bonds is 6. The third-order valence-corrected chi connectivity index (χ3v) is 6.13. The first-order valence-corrected chi connectivity index (χ1v) is 11.1. The van der Waals surface area contributed by atoms with Crippen molar-refractivity contribution in [3.8, 4) is 11.5 Å². The lowest BCUT2D eigenvalue weighted by molar-refractivity contribution is -0.687. The lowest BCUT2D eigenvalue weighted by atomic mass is 10.2. The number of halogens is 2. The highest BCUT2D eigenvalue weighted by atomic mass is 79.9. The van der Waals surface area contributed by atoms with Gasteiger partial charge in [0, 0.05) is 0 Å². The highest BCUT2D eigenvalue weighted by molar-refractivity contribution is 9.10. The summed E-state index contributed by atoms with van der Waals surface area (Å²) in [5.74, 6) is 2.09. The molecule has 4 rings (SSSR count). The Labute approximate surface area is 192 Å². The summed E-state index contributed by atoms with van der Waals surface area (Å²) in [5.41, 5.74) is 10.8. The normalized spacial score (nSPS) is 11.1. The largest absolute Gasteiger partial charge is 0.459 e. The van der Waals surface area contributed by atoms with Gasteiger partial charge in [-0.3, -0.25) is 5.73 Å².